The van der Waals surface area contributed by atoms with E-state index in [1.54, 1.807) is 0 Å². The molecule has 1 unspecified atom stereocenters. The molecule has 13 heavy (non-hydrogen) atoms. The van der Waals surface area contributed by atoms with Gasteiger partial charge in [0.15, 0.2) is 0 Å². The Bertz CT molecular complexity index is 310. The van der Waals surface area contributed by atoms with E-state index in [-0.39, 0.29) is 0 Å². The molecule has 1 aromatic rings. The lowest BCUT2D eigenvalue weighted by molar-refractivity contribution is 0.652. The van der Waals surface area contributed by atoms with Crippen molar-refractivity contribution in [3.8, 4) is 0 Å². The molecule has 0 heteroatoms. The SMILES string of the molecule is Cc1ccccc1C1C=CCCC1. The van der Waals surface area contributed by atoms with Crippen molar-refractivity contribution in [2.24, 2.45) is 0 Å². The van der Waals surface area contributed by atoms with E-state index >= 15 is 0 Å². The summed E-state index contributed by atoms with van der Waals surface area (Å²) in [6, 6.07) is 8.73. The van der Waals surface area contributed by atoms with Gasteiger partial charge in [-0.05, 0) is 37.3 Å². The Labute approximate surface area is 80.3 Å². The van der Waals surface area contributed by atoms with Crippen LogP contribution in [0.3, 0.4) is 0 Å². The van der Waals surface area contributed by atoms with Gasteiger partial charge in [0.05, 0.1) is 0 Å². The number of hydrogen-bond acceptors (Lipinski definition) is 0. The molecule has 0 saturated heterocycles. The Balaban J connectivity index is 2.29. The zero-order valence-electron chi connectivity index (χ0n) is 8.16. The van der Waals surface area contributed by atoms with Crippen LogP contribution in [0.4, 0.5) is 0 Å². The molecule has 0 aliphatic heterocycles. The van der Waals surface area contributed by atoms with Crippen LogP contribution >= 0.6 is 0 Å². The highest BCUT2D eigenvalue weighted by Gasteiger charge is 2.11. The summed E-state index contributed by atoms with van der Waals surface area (Å²) >= 11 is 0. The topological polar surface area (TPSA) is 0 Å². The largest absolute Gasteiger partial charge is 0.0879 e. The average Bonchev–Trinajstić information content (AvgIpc) is 2.20. The van der Waals surface area contributed by atoms with E-state index < -0.39 is 0 Å². The Kier molecular flexibility index (Phi) is 2.49. The van der Waals surface area contributed by atoms with Crippen LogP contribution in [0.1, 0.15) is 36.3 Å². The van der Waals surface area contributed by atoms with E-state index in [0.717, 1.165) is 0 Å². The van der Waals surface area contributed by atoms with Crippen molar-refractivity contribution in [2.45, 2.75) is 32.1 Å². The first-order chi connectivity index (χ1) is 6.38. The minimum atomic E-state index is 0.676. The van der Waals surface area contributed by atoms with Crippen LogP contribution in [0.2, 0.25) is 0 Å². The highest BCUT2D eigenvalue weighted by molar-refractivity contribution is 5.32. The van der Waals surface area contributed by atoms with E-state index in [0.29, 0.717) is 5.92 Å². The normalized spacial score (nSPS) is 21.8. The van der Waals surface area contributed by atoms with E-state index in [1.165, 1.54) is 30.4 Å². The van der Waals surface area contributed by atoms with Crippen molar-refractivity contribution in [3.63, 3.8) is 0 Å². The van der Waals surface area contributed by atoms with Gasteiger partial charge in [-0.2, -0.15) is 0 Å². The van der Waals surface area contributed by atoms with Crippen LogP contribution in [0.25, 0.3) is 0 Å². The first kappa shape index (κ1) is 8.55. The Hall–Kier alpha value is -1.04. The number of aryl methyl sites for hydroxylation is 1. The van der Waals surface area contributed by atoms with Gasteiger partial charge in [-0.1, -0.05) is 36.4 Å². The van der Waals surface area contributed by atoms with Crippen molar-refractivity contribution >= 4 is 0 Å². The van der Waals surface area contributed by atoms with E-state index in [2.05, 4.69) is 43.3 Å². The van der Waals surface area contributed by atoms with E-state index in [1.807, 2.05) is 0 Å². The minimum Gasteiger partial charge on any atom is -0.0879 e. The third-order valence-electron chi connectivity index (χ3n) is 2.84. The van der Waals surface area contributed by atoms with Crippen LogP contribution in [0.5, 0.6) is 0 Å². The fourth-order valence-electron chi connectivity index (χ4n) is 2.07. The average molecular weight is 172 g/mol. The number of benzene rings is 1. The van der Waals surface area contributed by atoms with Crippen molar-refractivity contribution in [1.29, 1.82) is 0 Å². The zero-order chi connectivity index (χ0) is 9.10. The molecular formula is C13H16. The lowest BCUT2D eigenvalue weighted by atomic mass is 9.87. The summed E-state index contributed by atoms with van der Waals surface area (Å²) < 4.78 is 0. The summed E-state index contributed by atoms with van der Waals surface area (Å²) in [6.07, 6.45) is 8.62. The van der Waals surface area contributed by atoms with Gasteiger partial charge in [-0.3, -0.25) is 0 Å². The Morgan fingerprint density at radius 2 is 2.08 bits per heavy atom. The van der Waals surface area contributed by atoms with Crippen LogP contribution in [0, 0.1) is 6.92 Å². The van der Waals surface area contributed by atoms with Gasteiger partial charge >= 0.3 is 0 Å². The number of rotatable bonds is 1. The molecule has 0 aromatic heterocycles. The fourth-order valence-corrected chi connectivity index (χ4v) is 2.07. The molecule has 0 amide bonds. The van der Waals surface area contributed by atoms with Crippen molar-refractivity contribution in [2.75, 3.05) is 0 Å². The zero-order valence-corrected chi connectivity index (χ0v) is 8.16. The number of allylic oxidation sites excluding steroid dienone is 2. The van der Waals surface area contributed by atoms with Gasteiger partial charge in [-0.25, -0.2) is 0 Å². The van der Waals surface area contributed by atoms with Crippen LogP contribution in [-0.2, 0) is 0 Å². The molecular weight excluding hydrogens is 156 g/mol. The second kappa shape index (κ2) is 3.78. The predicted octanol–water partition coefficient (Wildman–Crippen LogP) is 3.82. The molecule has 0 saturated carbocycles. The molecule has 0 fully saturated rings. The first-order valence-corrected chi connectivity index (χ1v) is 5.10. The van der Waals surface area contributed by atoms with Crippen molar-refractivity contribution < 1.29 is 0 Å². The lowest BCUT2D eigenvalue weighted by Gasteiger charge is -2.18. The van der Waals surface area contributed by atoms with Gasteiger partial charge < -0.3 is 0 Å². The highest BCUT2D eigenvalue weighted by Crippen LogP contribution is 2.29. The molecule has 0 radical (unpaired) electrons. The molecule has 0 N–H and O–H groups in total. The van der Waals surface area contributed by atoms with Crippen molar-refractivity contribution in [1.82, 2.24) is 0 Å². The molecule has 1 aromatic carbocycles. The van der Waals surface area contributed by atoms with Gasteiger partial charge in [0.25, 0.3) is 0 Å². The summed E-state index contributed by atoms with van der Waals surface area (Å²) in [6.45, 7) is 2.21. The molecule has 0 bridgehead atoms. The third kappa shape index (κ3) is 1.82. The van der Waals surface area contributed by atoms with Crippen LogP contribution in [0.15, 0.2) is 36.4 Å². The molecule has 68 valence electrons. The van der Waals surface area contributed by atoms with Gasteiger partial charge in [-0.15, -0.1) is 0 Å². The van der Waals surface area contributed by atoms with Crippen molar-refractivity contribution in [3.05, 3.63) is 47.5 Å². The van der Waals surface area contributed by atoms with Gasteiger partial charge in [0.1, 0.15) is 0 Å². The maximum Gasteiger partial charge on any atom is 0.00206 e. The van der Waals surface area contributed by atoms with Gasteiger partial charge in [0.2, 0.25) is 0 Å². The molecule has 0 heterocycles. The molecule has 1 atom stereocenters. The van der Waals surface area contributed by atoms with Gasteiger partial charge in [0, 0.05) is 5.92 Å². The molecule has 0 nitrogen and oxygen atoms in total. The molecule has 1 aliphatic rings. The third-order valence-corrected chi connectivity index (χ3v) is 2.84. The maximum atomic E-state index is 2.37. The highest BCUT2D eigenvalue weighted by atomic mass is 14.2. The maximum absolute atomic E-state index is 2.37. The summed E-state index contributed by atoms with van der Waals surface area (Å²) in [5, 5.41) is 0. The van der Waals surface area contributed by atoms with Crippen LogP contribution in [-0.4, -0.2) is 0 Å². The van der Waals surface area contributed by atoms with E-state index in [4.69, 9.17) is 0 Å². The quantitative estimate of drug-likeness (QED) is 0.565. The summed E-state index contributed by atoms with van der Waals surface area (Å²) in [5.41, 5.74) is 2.94. The Morgan fingerprint density at radius 1 is 1.23 bits per heavy atom. The fraction of sp³-hybridized carbons (Fsp3) is 0.385. The second-order valence-electron chi connectivity index (χ2n) is 3.82. The lowest BCUT2D eigenvalue weighted by Crippen LogP contribution is -2.00. The standard InChI is InChI=1S/C13H16/c1-11-7-5-6-10-13(11)12-8-3-2-4-9-12/h3,5-8,10,12H,2,4,9H2,1H3. The van der Waals surface area contributed by atoms with E-state index in [9.17, 15) is 0 Å². The monoisotopic (exact) mass is 172 g/mol. The summed E-state index contributed by atoms with van der Waals surface area (Å²) in [7, 11) is 0. The predicted molar refractivity (Wildman–Crippen MR) is 56.9 cm³/mol. The minimum absolute atomic E-state index is 0.676. The Morgan fingerprint density at radius 3 is 2.77 bits per heavy atom. The summed E-state index contributed by atoms with van der Waals surface area (Å²) in [5.74, 6) is 0.676. The summed E-state index contributed by atoms with van der Waals surface area (Å²) in [4.78, 5) is 0. The number of hydrogen-bond donors (Lipinski definition) is 0. The van der Waals surface area contributed by atoms with Crippen LogP contribution < -0.4 is 0 Å². The first-order valence-electron chi connectivity index (χ1n) is 5.10. The molecule has 0 spiro atoms. The molecule has 1 aliphatic carbocycles. The second-order valence-corrected chi connectivity index (χ2v) is 3.82. The smallest absolute Gasteiger partial charge is 0.00206 e. The molecule has 2 rings (SSSR count).